The second kappa shape index (κ2) is 4.81. The number of H-pyrrole nitrogens is 1. The summed E-state index contributed by atoms with van der Waals surface area (Å²) >= 11 is 0. The highest BCUT2D eigenvalue weighted by atomic mass is 16.5. The highest BCUT2D eigenvalue weighted by Crippen LogP contribution is 2.19. The van der Waals surface area contributed by atoms with E-state index in [-0.39, 0.29) is 19.1 Å². The summed E-state index contributed by atoms with van der Waals surface area (Å²) < 4.78 is 5.14. The second-order valence-electron chi connectivity index (χ2n) is 5.24. The Morgan fingerprint density at radius 3 is 3.10 bits per heavy atom. The third-order valence-electron chi connectivity index (χ3n) is 3.55. The number of rotatable bonds is 3. The molecule has 6 heteroatoms. The topological polar surface area (TPSA) is 100 Å². The van der Waals surface area contributed by atoms with Gasteiger partial charge < -0.3 is 25.9 Å². The van der Waals surface area contributed by atoms with Gasteiger partial charge >= 0.3 is 0 Å². The number of carbonyl (C=O) groups is 1. The van der Waals surface area contributed by atoms with Crippen molar-refractivity contribution < 1.29 is 14.6 Å². The molecule has 0 radical (unpaired) electrons. The van der Waals surface area contributed by atoms with Crippen LogP contribution in [0, 0.1) is 0 Å². The lowest BCUT2D eigenvalue weighted by atomic mass is 10.0. The minimum Gasteiger partial charge on any atom is -0.399 e. The van der Waals surface area contributed by atoms with Gasteiger partial charge in [-0.05, 0) is 24.3 Å². The van der Waals surface area contributed by atoms with Crippen molar-refractivity contribution in [2.24, 2.45) is 0 Å². The van der Waals surface area contributed by atoms with Crippen LogP contribution >= 0.6 is 0 Å². The summed E-state index contributed by atoms with van der Waals surface area (Å²) in [5, 5.41) is 13.7. The summed E-state index contributed by atoms with van der Waals surface area (Å²) in [6.07, 6.45) is 0.538. The molecule has 106 valence electrons. The Bertz CT molecular complexity index is 644. The highest BCUT2D eigenvalue weighted by Gasteiger charge is 2.32. The van der Waals surface area contributed by atoms with Crippen molar-refractivity contribution in [1.82, 2.24) is 10.3 Å². The Hall–Kier alpha value is -2.05. The van der Waals surface area contributed by atoms with Gasteiger partial charge in [0.15, 0.2) is 0 Å². The van der Waals surface area contributed by atoms with Crippen LogP contribution in [0.1, 0.15) is 16.9 Å². The lowest BCUT2D eigenvalue weighted by molar-refractivity contribution is 0.0264. The first-order valence-corrected chi connectivity index (χ1v) is 6.52. The Morgan fingerprint density at radius 2 is 2.35 bits per heavy atom. The van der Waals surface area contributed by atoms with E-state index in [1.807, 2.05) is 6.07 Å². The van der Waals surface area contributed by atoms with Crippen molar-refractivity contribution in [3.63, 3.8) is 0 Å². The average molecular weight is 275 g/mol. The van der Waals surface area contributed by atoms with Crippen molar-refractivity contribution >= 4 is 22.5 Å². The molecule has 1 aliphatic rings. The van der Waals surface area contributed by atoms with Crippen molar-refractivity contribution in [2.45, 2.75) is 12.0 Å². The minimum atomic E-state index is -0.952. The van der Waals surface area contributed by atoms with E-state index in [1.54, 1.807) is 18.2 Å². The molecule has 1 atom stereocenters. The number of nitrogens with two attached hydrogens (primary N) is 1. The number of nitrogen functional groups attached to an aromatic ring is 1. The van der Waals surface area contributed by atoms with Gasteiger partial charge in [0.05, 0.1) is 6.61 Å². The number of nitrogens with one attached hydrogen (secondary N) is 2. The fourth-order valence-electron chi connectivity index (χ4n) is 2.35. The first kappa shape index (κ1) is 13.0. The molecule has 1 unspecified atom stereocenters. The standard InChI is InChI=1S/C14H17N3O3/c15-10-1-2-11-9(5-10)6-12(17-11)13(18)16-7-14(19)3-4-20-8-14/h1-2,5-6,17,19H,3-4,7-8,15H2,(H,16,18). The van der Waals surface area contributed by atoms with E-state index in [2.05, 4.69) is 10.3 Å². The average Bonchev–Trinajstić information content (AvgIpc) is 3.02. The molecule has 0 bridgehead atoms. The maximum Gasteiger partial charge on any atom is 0.267 e. The van der Waals surface area contributed by atoms with Crippen LogP contribution in [-0.2, 0) is 4.74 Å². The summed E-state index contributed by atoms with van der Waals surface area (Å²) in [5.74, 6) is -0.250. The van der Waals surface area contributed by atoms with E-state index in [1.165, 1.54) is 0 Å². The molecule has 5 N–H and O–H groups in total. The van der Waals surface area contributed by atoms with Crippen LogP contribution in [0.4, 0.5) is 5.69 Å². The van der Waals surface area contributed by atoms with Gasteiger partial charge in [0.1, 0.15) is 11.3 Å². The number of carbonyl (C=O) groups excluding carboxylic acids is 1. The molecule has 2 aromatic rings. The Morgan fingerprint density at radius 1 is 1.50 bits per heavy atom. The lowest BCUT2D eigenvalue weighted by Crippen LogP contribution is -2.43. The molecule has 0 saturated carbocycles. The number of aliphatic hydroxyl groups is 1. The quantitative estimate of drug-likeness (QED) is 0.617. The molecule has 6 nitrogen and oxygen atoms in total. The molecular formula is C14H17N3O3. The van der Waals surface area contributed by atoms with E-state index in [0.29, 0.717) is 24.4 Å². The molecule has 1 fully saturated rings. The molecule has 0 spiro atoms. The largest absolute Gasteiger partial charge is 0.399 e. The van der Waals surface area contributed by atoms with Crippen molar-refractivity contribution in [2.75, 3.05) is 25.5 Å². The summed E-state index contributed by atoms with van der Waals surface area (Å²) in [6, 6.07) is 7.16. The molecule has 3 rings (SSSR count). The number of ether oxygens (including phenoxy) is 1. The van der Waals surface area contributed by atoms with E-state index in [0.717, 1.165) is 10.9 Å². The predicted octanol–water partition coefficient (Wildman–Crippen LogP) is 0.631. The summed E-state index contributed by atoms with van der Waals surface area (Å²) in [5.41, 5.74) is 6.71. The molecular weight excluding hydrogens is 258 g/mol. The number of aromatic nitrogens is 1. The van der Waals surface area contributed by atoms with E-state index < -0.39 is 5.60 Å². The van der Waals surface area contributed by atoms with Crippen molar-refractivity contribution in [3.05, 3.63) is 30.0 Å². The molecule has 1 aromatic heterocycles. The molecule has 0 aliphatic carbocycles. The zero-order valence-electron chi connectivity index (χ0n) is 11.0. The Kier molecular flexibility index (Phi) is 3.11. The van der Waals surface area contributed by atoms with Crippen LogP contribution in [0.2, 0.25) is 0 Å². The number of hydrogen-bond donors (Lipinski definition) is 4. The number of amides is 1. The van der Waals surface area contributed by atoms with Gasteiger partial charge in [0.25, 0.3) is 5.91 Å². The molecule has 20 heavy (non-hydrogen) atoms. The van der Waals surface area contributed by atoms with Gasteiger partial charge in [-0.3, -0.25) is 4.79 Å². The Labute approximate surface area is 115 Å². The van der Waals surface area contributed by atoms with Gasteiger partial charge in [-0.15, -0.1) is 0 Å². The fraction of sp³-hybridized carbons (Fsp3) is 0.357. The van der Waals surface area contributed by atoms with Crippen LogP contribution < -0.4 is 11.1 Å². The van der Waals surface area contributed by atoms with Crippen LogP contribution in [0.3, 0.4) is 0 Å². The first-order valence-electron chi connectivity index (χ1n) is 6.52. The molecule has 2 heterocycles. The van der Waals surface area contributed by atoms with Crippen molar-refractivity contribution in [3.8, 4) is 0 Å². The van der Waals surface area contributed by atoms with Gasteiger partial charge in [-0.1, -0.05) is 0 Å². The van der Waals surface area contributed by atoms with Gasteiger partial charge in [-0.2, -0.15) is 0 Å². The zero-order chi connectivity index (χ0) is 14.2. The number of aromatic amines is 1. The van der Waals surface area contributed by atoms with Gasteiger partial charge in [-0.25, -0.2) is 0 Å². The van der Waals surface area contributed by atoms with E-state index in [4.69, 9.17) is 10.5 Å². The van der Waals surface area contributed by atoms with Gasteiger partial charge in [0, 0.05) is 36.2 Å². The van der Waals surface area contributed by atoms with E-state index >= 15 is 0 Å². The third-order valence-corrected chi connectivity index (χ3v) is 3.55. The summed E-state index contributed by atoms with van der Waals surface area (Å²) in [6.45, 7) is 0.970. The molecule has 1 saturated heterocycles. The normalized spacial score (nSPS) is 22.2. The SMILES string of the molecule is Nc1ccc2[nH]c(C(=O)NCC3(O)CCOC3)cc2c1. The van der Waals surface area contributed by atoms with Crippen LogP contribution in [0.15, 0.2) is 24.3 Å². The minimum absolute atomic E-state index is 0.184. The van der Waals surface area contributed by atoms with Crippen LogP contribution in [0.5, 0.6) is 0 Å². The number of fused-ring (bicyclic) bond motifs is 1. The molecule has 1 amide bonds. The number of benzene rings is 1. The zero-order valence-corrected chi connectivity index (χ0v) is 11.0. The maximum atomic E-state index is 12.1. The monoisotopic (exact) mass is 275 g/mol. The smallest absolute Gasteiger partial charge is 0.267 e. The molecule has 1 aromatic carbocycles. The third kappa shape index (κ3) is 2.48. The van der Waals surface area contributed by atoms with Crippen LogP contribution in [0.25, 0.3) is 10.9 Å². The second-order valence-corrected chi connectivity index (χ2v) is 5.24. The maximum absolute atomic E-state index is 12.1. The summed E-state index contributed by atoms with van der Waals surface area (Å²) in [7, 11) is 0. The lowest BCUT2D eigenvalue weighted by Gasteiger charge is -2.20. The van der Waals surface area contributed by atoms with Crippen molar-refractivity contribution in [1.29, 1.82) is 0 Å². The molecule has 1 aliphatic heterocycles. The fourth-order valence-corrected chi connectivity index (χ4v) is 2.35. The van der Waals surface area contributed by atoms with E-state index in [9.17, 15) is 9.90 Å². The Balaban J connectivity index is 1.72. The first-order chi connectivity index (χ1) is 9.56. The summed E-state index contributed by atoms with van der Waals surface area (Å²) in [4.78, 5) is 15.1. The van der Waals surface area contributed by atoms with Gasteiger partial charge in [0.2, 0.25) is 0 Å². The predicted molar refractivity (Wildman–Crippen MR) is 75.4 cm³/mol. The number of hydrogen-bond acceptors (Lipinski definition) is 4. The highest BCUT2D eigenvalue weighted by molar-refractivity contribution is 5.98. The number of anilines is 1. The van der Waals surface area contributed by atoms with Crippen LogP contribution in [-0.4, -0.2) is 41.4 Å².